The van der Waals surface area contributed by atoms with Crippen molar-refractivity contribution in [1.82, 2.24) is 5.32 Å². The molecule has 0 aromatic rings. The van der Waals surface area contributed by atoms with Gasteiger partial charge in [-0.25, -0.2) is 0 Å². The SMILES string of the molecule is C=C[C@]1(C)C[C@@H](OC(=O)CSC(C)(C)CNC(=O)C(N)C(C)C)[C@@]2(C)C(C)CCC3(CCC(=O)[C@H]32)[C@@H](C)C1O. The summed E-state index contributed by atoms with van der Waals surface area (Å²) in [6.45, 7) is 20.7. The number of aliphatic hydroxyl groups excluding tert-OH is 1. The molecule has 0 saturated heterocycles. The number of hydrogen-bond donors (Lipinski definition) is 3. The first-order valence-corrected chi connectivity index (χ1v) is 15.6. The molecule has 0 aromatic heterocycles. The van der Waals surface area contributed by atoms with E-state index >= 15 is 0 Å². The summed E-state index contributed by atoms with van der Waals surface area (Å²) in [7, 11) is 0. The van der Waals surface area contributed by atoms with Crippen molar-refractivity contribution in [2.75, 3.05) is 12.3 Å². The minimum Gasteiger partial charge on any atom is -0.461 e. The second-order valence-electron chi connectivity index (χ2n) is 14.1. The molecule has 3 rings (SSSR count). The van der Waals surface area contributed by atoms with Crippen LogP contribution >= 0.6 is 11.8 Å². The van der Waals surface area contributed by atoms with E-state index in [2.05, 4.69) is 32.7 Å². The number of hydrogen-bond acceptors (Lipinski definition) is 7. The zero-order valence-corrected chi connectivity index (χ0v) is 26.2. The zero-order valence-electron chi connectivity index (χ0n) is 25.3. The molecule has 4 unspecified atom stereocenters. The highest BCUT2D eigenvalue weighted by molar-refractivity contribution is 8.01. The predicted molar refractivity (Wildman–Crippen MR) is 157 cm³/mol. The number of thioether (sulfide) groups is 1. The molecule has 8 heteroatoms. The Morgan fingerprint density at radius 2 is 1.92 bits per heavy atom. The van der Waals surface area contributed by atoms with Crippen molar-refractivity contribution in [2.24, 2.45) is 45.7 Å². The standard InChI is InChI=1S/C31H52N2O5S/c1-10-29(8)15-22(38-23(35)16-39-28(6,7)17-33-27(37)24(32)18(2)3)30(9)19(4)11-13-31(20(5)26(29)36)14-12-21(34)25(30)31/h10,18-20,22,24-26,36H,1,11-17,32H2,2-9H3,(H,33,37)/t19?,20-,22+,24?,25-,26?,29+,30+,31?/m0/s1. The summed E-state index contributed by atoms with van der Waals surface area (Å²) in [6.07, 6.45) is 4.17. The molecule has 9 atom stereocenters. The van der Waals surface area contributed by atoms with Crippen LogP contribution in [0, 0.1) is 39.9 Å². The third-order valence-corrected chi connectivity index (χ3v) is 12.2. The van der Waals surface area contributed by atoms with E-state index in [0.717, 1.165) is 19.3 Å². The Kier molecular flexibility index (Phi) is 9.46. The molecule has 222 valence electrons. The lowest BCUT2D eigenvalue weighted by Crippen LogP contribution is -2.63. The number of ether oxygens (including phenoxy) is 1. The van der Waals surface area contributed by atoms with Gasteiger partial charge in [-0.15, -0.1) is 18.3 Å². The topological polar surface area (TPSA) is 119 Å². The van der Waals surface area contributed by atoms with Gasteiger partial charge in [0.25, 0.3) is 0 Å². The summed E-state index contributed by atoms with van der Waals surface area (Å²) in [6, 6.07) is -0.573. The average molecular weight is 565 g/mol. The summed E-state index contributed by atoms with van der Waals surface area (Å²) in [5.41, 5.74) is 4.49. The number of ketones is 1. The lowest BCUT2D eigenvalue weighted by atomic mass is 9.44. The van der Waals surface area contributed by atoms with E-state index in [1.165, 1.54) is 11.8 Å². The maximum atomic E-state index is 13.5. The van der Waals surface area contributed by atoms with Gasteiger partial charge in [-0.3, -0.25) is 14.4 Å². The third-order valence-electron chi connectivity index (χ3n) is 10.9. The van der Waals surface area contributed by atoms with Gasteiger partial charge < -0.3 is 20.9 Å². The van der Waals surface area contributed by atoms with E-state index in [9.17, 15) is 19.5 Å². The molecule has 1 amide bonds. The van der Waals surface area contributed by atoms with Crippen LogP contribution in [-0.2, 0) is 19.1 Å². The molecule has 3 fully saturated rings. The van der Waals surface area contributed by atoms with E-state index in [0.29, 0.717) is 19.4 Å². The molecule has 0 spiro atoms. The van der Waals surface area contributed by atoms with Crippen LogP contribution in [0.4, 0.5) is 0 Å². The first kappa shape index (κ1) is 32.1. The second kappa shape index (κ2) is 11.5. The number of amides is 1. The van der Waals surface area contributed by atoms with Gasteiger partial charge in [-0.05, 0) is 62.7 Å². The van der Waals surface area contributed by atoms with Crippen molar-refractivity contribution >= 4 is 29.4 Å². The van der Waals surface area contributed by atoms with Crippen LogP contribution in [0.5, 0.6) is 0 Å². The minimum atomic E-state index is -0.684. The van der Waals surface area contributed by atoms with Crippen molar-refractivity contribution in [1.29, 1.82) is 0 Å². The van der Waals surface area contributed by atoms with Gasteiger partial charge in [0.05, 0.1) is 17.9 Å². The fourth-order valence-corrected chi connectivity index (χ4v) is 8.47. The fraction of sp³-hybridized carbons (Fsp3) is 0.839. The number of esters is 1. The Morgan fingerprint density at radius 3 is 2.51 bits per heavy atom. The number of rotatable bonds is 9. The number of carbonyl (C=O) groups is 3. The number of aliphatic hydroxyl groups is 1. The Hall–Kier alpha value is -1.38. The van der Waals surface area contributed by atoms with Crippen LogP contribution in [0.15, 0.2) is 12.7 Å². The van der Waals surface area contributed by atoms with Crippen LogP contribution in [0.3, 0.4) is 0 Å². The predicted octanol–water partition coefficient (Wildman–Crippen LogP) is 4.50. The molecule has 3 aliphatic rings. The van der Waals surface area contributed by atoms with E-state index in [4.69, 9.17) is 10.5 Å². The van der Waals surface area contributed by atoms with Crippen molar-refractivity contribution in [3.8, 4) is 0 Å². The van der Waals surface area contributed by atoms with Gasteiger partial charge in [0, 0.05) is 34.5 Å². The number of Topliss-reactive ketones (excluding diaryl/α,β-unsaturated/α-hetero) is 1. The average Bonchev–Trinajstić information content (AvgIpc) is 3.24. The van der Waals surface area contributed by atoms with Crippen molar-refractivity contribution in [3.05, 3.63) is 12.7 Å². The molecule has 0 heterocycles. The highest BCUT2D eigenvalue weighted by atomic mass is 32.2. The number of nitrogens with one attached hydrogen (secondary N) is 1. The van der Waals surface area contributed by atoms with E-state index in [1.807, 2.05) is 40.7 Å². The summed E-state index contributed by atoms with van der Waals surface area (Å²) >= 11 is 1.43. The molecule has 0 aliphatic heterocycles. The molecular weight excluding hydrogens is 512 g/mol. The van der Waals surface area contributed by atoms with Crippen LogP contribution in [-0.4, -0.2) is 58.1 Å². The smallest absolute Gasteiger partial charge is 0.316 e. The fourth-order valence-electron chi connectivity index (χ4n) is 7.72. The van der Waals surface area contributed by atoms with Crippen LogP contribution in [0.2, 0.25) is 0 Å². The van der Waals surface area contributed by atoms with Crippen molar-refractivity contribution < 1.29 is 24.2 Å². The van der Waals surface area contributed by atoms with E-state index in [-0.39, 0.29) is 52.5 Å². The molecule has 0 radical (unpaired) electrons. The van der Waals surface area contributed by atoms with Gasteiger partial charge in [-0.2, -0.15) is 0 Å². The normalized spacial score (nSPS) is 39.4. The Labute approximate surface area is 239 Å². The Morgan fingerprint density at radius 1 is 1.28 bits per heavy atom. The second-order valence-corrected chi connectivity index (χ2v) is 15.8. The van der Waals surface area contributed by atoms with Gasteiger partial charge in [0.15, 0.2) is 0 Å². The van der Waals surface area contributed by atoms with Crippen LogP contribution in [0.1, 0.15) is 87.5 Å². The quantitative estimate of drug-likeness (QED) is 0.279. The molecule has 4 N–H and O–H groups in total. The van der Waals surface area contributed by atoms with Crippen molar-refractivity contribution in [2.45, 2.75) is 110 Å². The molecule has 7 nitrogen and oxygen atoms in total. The summed E-state index contributed by atoms with van der Waals surface area (Å²) < 4.78 is 5.92. The lowest BCUT2D eigenvalue weighted by molar-refractivity contribution is -0.205. The van der Waals surface area contributed by atoms with Gasteiger partial charge in [-0.1, -0.05) is 47.6 Å². The summed E-state index contributed by atoms with van der Waals surface area (Å²) in [5.74, 6) is -0.243. The first-order valence-electron chi connectivity index (χ1n) is 14.7. The van der Waals surface area contributed by atoms with Crippen LogP contribution in [0.25, 0.3) is 0 Å². The molecule has 0 aromatic carbocycles. The molecule has 39 heavy (non-hydrogen) atoms. The third kappa shape index (κ3) is 5.85. The van der Waals surface area contributed by atoms with Gasteiger partial charge >= 0.3 is 5.97 Å². The lowest BCUT2D eigenvalue weighted by Gasteiger charge is -2.61. The largest absolute Gasteiger partial charge is 0.461 e. The highest BCUT2D eigenvalue weighted by Crippen LogP contribution is 2.68. The van der Waals surface area contributed by atoms with Crippen molar-refractivity contribution in [3.63, 3.8) is 0 Å². The molecule has 3 aliphatic carbocycles. The van der Waals surface area contributed by atoms with Gasteiger partial charge in [0.2, 0.25) is 5.91 Å². The van der Waals surface area contributed by atoms with E-state index < -0.39 is 33.8 Å². The number of carbonyl (C=O) groups excluding carboxylic acids is 3. The first-order chi connectivity index (χ1) is 17.9. The molecule has 3 saturated carbocycles. The maximum absolute atomic E-state index is 13.5. The monoisotopic (exact) mass is 564 g/mol. The number of nitrogens with two attached hydrogens (primary N) is 1. The van der Waals surface area contributed by atoms with Crippen LogP contribution < -0.4 is 11.1 Å². The Balaban J connectivity index is 1.82. The maximum Gasteiger partial charge on any atom is 0.316 e. The highest BCUT2D eigenvalue weighted by Gasteiger charge is 2.68. The molecular formula is C31H52N2O5S. The Bertz CT molecular complexity index is 969. The zero-order chi connectivity index (χ0) is 29.6. The summed E-state index contributed by atoms with van der Waals surface area (Å²) in [4.78, 5) is 39.2. The van der Waals surface area contributed by atoms with E-state index in [1.54, 1.807) is 0 Å². The minimum absolute atomic E-state index is 0.0382. The summed E-state index contributed by atoms with van der Waals surface area (Å²) in [5, 5.41) is 14.6. The molecule has 2 bridgehead atoms. The van der Waals surface area contributed by atoms with Gasteiger partial charge in [0.1, 0.15) is 11.9 Å².